The van der Waals surface area contributed by atoms with Crippen LogP contribution in [0.3, 0.4) is 0 Å². The number of carbonyl (C=O) groups is 1. The van der Waals surface area contributed by atoms with E-state index in [0.29, 0.717) is 12.0 Å². The molecule has 2 rings (SSSR count). The van der Waals surface area contributed by atoms with Gasteiger partial charge in [0.25, 0.3) is 5.91 Å². The summed E-state index contributed by atoms with van der Waals surface area (Å²) >= 11 is 0. The zero-order chi connectivity index (χ0) is 14.4. The summed E-state index contributed by atoms with van der Waals surface area (Å²) in [4.78, 5) is 12.0. The maximum absolute atomic E-state index is 12.0. The van der Waals surface area contributed by atoms with Gasteiger partial charge in [-0.3, -0.25) is 4.79 Å². The Morgan fingerprint density at radius 3 is 2.20 bits per heavy atom. The second-order valence-electron chi connectivity index (χ2n) is 4.70. The lowest BCUT2D eigenvalue weighted by molar-refractivity contribution is 0.0915. The van der Waals surface area contributed by atoms with Crippen molar-refractivity contribution < 1.29 is 9.90 Å². The second-order valence-corrected chi connectivity index (χ2v) is 4.70. The van der Waals surface area contributed by atoms with E-state index < -0.39 is 0 Å². The first kappa shape index (κ1) is 14.3. The molecule has 0 bridgehead atoms. The van der Waals surface area contributed by atoms with Crippen LogP contribution in [0.1, 0.15) is 23.7 Å². The Balaban J connectivity index is 2.10. The highest BCUT2D eigenvalue weighted by Crippen LogP contribution is 2.19. The Labute approximate surface area is 119 Å². The Kier molecular flexibility index (Phi) is 4.91. The minimum atomic E-state index is -0.184. The normalized spacial score (nSPS) is 11.9. The summed E-state index contributed by atoms with van der Waals surface area (Å²) in [6, 6.07) is 17.3. The fourth-order valence-electron chi connectivity index (χ4n) is 1.99. The quantitative estimate of drug-likeness (QED) is 0.877. The summed E-state index contributed by atoms with van der Waals surface area (Å²) in [6.07, 6.45) is 0.713. The molecule has 104 valence electrons. The van der Waals surface area contributed by atoms with Crippen LogP contribution < -0.4 is 5.32 Å². The number of carbonyl (C=O) groups excluding carboxylic acids is 1. The van der Waals surface area contributed by atoms with Crippen LogP contribution >= 0.6 is 0 Å². The molecule has 2 N–H and O–H groups in total. The fraction of sp³-hybridized carbons (Fsp3) is 0.235. The molecule has 0 aromatic heterocycles. The van der Waals surface area contributed by atoms with Gasteiger partial charge in [0.2, 0.25) is 0 Å². The van der Waals surface area contributed by atoms with Crippen LogP contribution in [0.2, 0.25) is 0 Å². The molecule has 0 radical (unpaired) electrons. The van der Waals surface area contributed by atoms with Gasteiger partial charge in [-0.1, -0.05) is 49.4 Å². The first-order chi connectivity index (χ1) is 9.74. The van der Waals surface area contributed by atoms with E-state index in [4.69, 9.17) is 5.11 Å². The molecule has 0 aliphatic heterocycles. The largest absolute Gasteiger partial charge is 0.394 e. The first-order valence-electron chi connectivity index (χ1n) is 6.81. The van der Waals surface area contributed by atoms with Crippen LogP contribution in [0, 0.1) is 0 Å². The van der Waals surface area contributed by atoms with E-state index in [1.54, 1.807) is 0 Å². The summed E-state index contributed by atoms with van der Waals surface area (Å²) in [6.45, 7) is 1.89. The molecular weight excluding hydrogens is 250 g/mol. The van der Waals surface area contributed by atoms with Gasteiger partial charge in [-0.2, -0.15) is 0 Å². The molecule has 0 unspecified atom stereocenters. The Morgan fingerprint density at radius 1 is 1.05 bits per heavy atom. The van der Waals surface area contributed by atoms with E-state index in [1.807, 2.05) is 61.5 Å². The lowest BCUT2D eigenvalue weighted by Crippen LogP contribution is -2.36. The van der Waals surface area contributed by atoms with Crippen LogP contribution in [0.5, 0.6) is 0 Å². The summed E-state index contributed by atoms with van der Waals surface area (Å²) in [5, 5.41) is 11.9. The van der Waals surface area contributed by atoms with Crippen LogP contribution in [0.25, 0.3) is 11.1 Å². The molecule has 0 saturated heterocycles. The van der Waals surface area contributed by atoms with Gasteiger partial charge in [-0.05, 0) is 29.7 Å². The fourth-order valence-corrected chi connectivity index (χ4v) is 1.99. The molecule has 20 heavy (non-hydrogen) atoms. The molecule has 0 spiro atoms. The minimum absolute atomic E-state index is 0.0374. The van der Waals surface area contributed by atoms with Crippen LogP contribution in [0.15, 0.2) is 54.6 Å². The van der Waals surface area contributed by atoms with E-state index in [9.17, 15) is 4.79 Å². The third-order valence-electron chi connectivity index (χ3n) is 3.30. The summed E-state index contributed by atoms with van der Waals surface area (Å²) < 4.78 is 0. The number of rotatable bonds is 5. The van der Waals surface area contributed by atoms with Crippen molar-refractivity contribution in [3.63, 3.8) is 0 Å². The topological polar surface area (TPSA) is 49.3 Å². The molecule has 3 nitrogen and oxygen atoms in total. The summed E-state index contributed by atoms with van der Waals surface area (Å²) in [7, 11) is 0. The van der Waals surface area contributed by atoms with E-state index in [0.717, 1.165) is 11.1 Å². The Hall–Kier alpha value is -2.13. The number of nitrogens with one attached hydrogen (secondary N) is 1. The zero-order valence-corrected chi connectivity index (χ0v) is 11.5. The van der Waals surface area contributed by atoms with Gasteiger partial charge in [0.15, 0.2) is 0 Å². The van der Waals surface area contributed by atoms with E-state index in [-0.39, 0.29) is 18.6 Å². The molecule has 0 fully saturated rings. The van der Waals surface area contributed by atoms with Crippen LogP contribution in [0.4, 0.5) is 0 Å². The maximum atomic E-state index is 12.0. The van der Waals surface area contributed by atoms with Crippen molar-refractivity contribution in [2.45, 2.75) is 19.4 Å². The third-order valence-corrected chi connectivity index (χ3v) is 3.30. The number of hydrogen-bond donors (Lipinski definition) is 2. The molecule has 2 aromatic carbocycles. The van der Waals surface area contributed by atoms with Gasteiger partial charge in [0, 0.05) is 5.56 Å². The standard InChI is InChI=1S/C17H19NO2/c1-2-16(12-19)18-17(20)15-10-8-14(9-11-15)13-6-4-3-5-7-13/h3-11,16,19H,2,12H2,1H3,(H,18,20)/t16-/m0/s1. The maximum Gasteiger partial charge on any atom is 0.251 e. The van der Waals surface area contributed by atoms with Crippen molar-refractivity contribution in [1.29, 1.82) is 0 Å². The highest BCUT2D eigenvalue weighted by molar-refractivity contribution is 5.94. The number of hydrogen-bond acceptors (Lipinski definition) is 2. The predicted octanol–water partition coefficient (Wildman–Crippen LogP) is 2.85. The highest BCUT2D eigenvalue weighted by atomic mass is 16.3. The number of benzene rings is 2. The van der Waals surface area contributed by atoms with Gasteiger partial charge >= 0.3 is 0 Å². The molecule has 0 saturated carbocycles. The number of amides is 1. The third kappa shape index (κ3) is 3.45. The molecule has 0 heterocycles. The predicted molar refractivity (Wildman–Crippen MR) is 80.5 cm³/mol. The highest BCUT2D eigenvalue weighted by Gasteiger charge is 2.11. The van der Waals surface area contributed by atoms with E-state index in [1.165, 1.54) is 0 Å². The molecule has 0 aliphatic carbocycles. The van der Waals surface area contributed by atoms with Crippen molar-refractivity contribution in [3.05, 3.63) is 60.2 Å². The molecule has 1 amide bonds. The minimum Gasteiger partial charge on any atom is -0.394 e. The lowest BCUT2D eigenvalue weighted by Gasteiger charge is -2.14. The Morgan fingerprint density at radius 2 is 1.65 bits per heavy atom. The smallest absolute Gasteiger partial charge is 0.251 e. The SMILES string of the molecule is CC[C@@H](CO)NC(=O)c1ccc(-c2ccccc2)cc1. The summed E-state index contributed by atoms with van der Waals surface area (Å²) in [5.41, 5.74) is 2.81. The zero-order valence-electron chi connectivity index (χ0n) is 11.5. The van der Waals surface area contributed by atoms with E-state index >= 15 is 0 Å². The number of aliphatic hydroxyl groups is 1. The monoisotopic (exact) mass is 269 g/mol. The number of aliphatic hydroxyl groups excluding tert-OH is 1. The molecule has 0 aliphatic rings. The lowest BCUT2D eigenvalue weighted by atomic mass is 10.0. The Bertz CT molecular complexity index is 545. The van der Waals surface area contributed by atoms with Crippen molar-refractivity contribution in [1.82, 2.24) is 5.32 Å². The first-order valence-corrected chi connectivity index (χ1v) is 6.81. The molecular formula is C17H19NO2. The second kappa shape index (κ2) is 6.87. The van der Waals surface area contributed by atoms with Gasteiger partial charge in [0.1, 0.15) is 0 Å². The molecule has 2 aromatic rings. The van der Waals surface area contributed by atoms with Gasteiger partial charge in [0.05, 0.1) is 12.6 Å². The van der Waals surface area contributed by atoms with Crippen molar-refractivity contribution in [2.75, 3.05) is 6.61 Å². The van der Waals surface area contributed by atoms with E-state index in [2.05, 4.69) is 5.32 Å². The molecule has 1 atom stereocenters. The summed E-state index contributed by atoms with van der Waals surface area (Å²) in [5.74, 6) is -0.148. The van der Waals surface area contributed by atoms with Crippen molar-refractivity contribution >= 4 is 5.91 Å². The van der Waals surface area contributed by atoms with Gasteiger partial charge in [-0.15, -0.1) is 0 Å². The van der Waals surface area contributed by atoms with Crippen LogP contribution in [-0.2, 0) is 0 Å². The van der Waals surface area contributed by atoms with Crippen LogP contribution in [-0.4, -0.2) is 23.7 Å². The van der Waals surface area contributed by atoms with Crippen molar-refractivity contribution in [3.8, 4) is 11.1 Å². The average molecular weight is 269 g/mol. The van der Waals surface area contributed by atoms with Gasteiger partial charge in [-0.25, -0.2) is 0 Å². The van der Waals surface area contributed by atoms with Gasteiger partial charge < -0.3 is 10.4 Å². The average Bonchev–Trinajstić information content (AvgIpc) is 2.53. The van der Waals surface area contributed by atoms with Crippen molar-refractivity contribution in [2.24, 2.45) is 0 Å². The molecule has 3 heteroatoms.